The first-order chi connectivity index (χ1) is 8.51. The van der Waals surface area contributed by atoms with Crippen LogP contribution >= 0.6 is 0 Å². The lowest BCUT2D eigenvalue weighted by atomic mass is 9.89. The molecule has 1 atom stereocenters. The average molecular weight is 256 g/mol. The second kappa shape index (κ2) is 9.07. The maximum atomic E-state index is 13.5. The van der Waals surface area contributed by atoms with Gasteiger partial charge in [-0.25, -0.2) is 8.78 Å². The normalized spacial score (nSPS) is 12.6. The van der Waals surface area contributed by atoms with E-state index in [0.717, 1.165) is 5.56 Å². The first-order valence-electron chi connectivity index (χ1n) is 6.93. The van der Waals surface area contributed by atoms with Crippen LogP contribution in [-0.4, -0.2) is 5.92 Å². The average Bonchev–Trinajstić information content (AvgIpc) is 2.38. The summed E-state index contributed by atoms with van der Waals surface area (Å²) in [5, 5.41) is 0. The van der Waals surface area contributed by atoms with E-state index >= 15 is 0 Å². The number of hydrogen-bond donors (Lipinski definition) is 0. The molecule has 0 N–H and O–H groups in total. The Morgan fingerprint density at radius 1 is 1.00 bits per heavy atom. The molecule has 0 aliphatic rings. The van der Waals surface area contributed by atoms with E-state index in [1.165, 1.54) is 6.42 Å². The summed E-state index contributed by atoms with van der Waals surface area (Å²) >= 11 is 0. The maximum absolute atomic E-state index is 13.5. The molecule has 0 heterocycles. The summed E-state index contributed by atoms with van der Waals surface area (Å²) in [6.45, 7) is 7.63. The summed E-state index contributed by atoms with van der Waals surface area (Å²) in [7, 11) is 0. The first-order valence-corrected chi connectivity index (χ1v) is 6.93. The number of alkyl halides is 2. The highest BCUT2D eigenvalue weighted by Crippen LogP contribution is 2.32. The maximum Gasteiger partial charge on any atom is 0.250 e. The Hall–Kier alpha value is -0.920. The van der Waals surface area contributed by atoms with Crippen molar-refractivity contribution in [2.24, 2.45) is 5.92 Å². The van der Waals surface area contributed by atoms with Crippen molar-refractivity contribution in [3.8, 4) is 0 Å². The Kier molecular flexibility index (Phi) is 8.61. The molecule has 1 rings (SSSR count). The molecule has 0 nitrogen and oxygen atoms in total. The molecule has 0 saturated carbocycles. The van der Waals surface area contributed by atoms with Gasteiger partial charge in [0.25, 0.3) is 5.92 Å². The van der Waals surface area contributed by atoms with Gasteiger partial charge < -0.3 is 0 Å². The van der Waals surface area contributed by atoms with Crippen LogP contribution in [0.3, 0.4) is 0 Å². The largest absolute Gasteiger partial charge is 0.250 e. The third kappa shape index (κ3) is 6.13. The van der Waals surface area contributed by atoms with Crippen LogP contribution in [0.15, 0.2) is 30.3 Å². The van der Waals surface area contributed by atoms with Gasteiger partial charge in [0, 0.05) is 12.3 Å². The van der Waals surface area contributed by atoms with E-state index in [9.17, 15) is 8.78 Å². The number of benzene rings is 1. The smallest absolute Gasteiger partial charge is 0.207 e. The zero-order valence-electron chi connectivity index (χ0n) is 12.0. The molecule has 0 amide bonds. The predicted octanol–water partition coefficient (Wildman–Crippen LogP) is 5.72. The van der Waals surface area contributed by atoms with Gasteiger partial charge in [-0.3, -0.25) is 0 Å². The van der Waals surface area contributed by atoms with Crippen molar-refractivity contribution in [2.75, 3.05) is 0 Å². The summed E-state index contributed by atoms with van der Waals surface area (Å²) in [4.78, 5) is 0. The van der Waals surface area contributed by atoms with Gasteiger partial charge in [-0.05, 0) is 18.4 Å². The molecule has 2 heteroatoms. The lowest BCUT2D eigenvalue weighted by Crippen LogP contribution is -2.28. The van der Waals surface area contributed by atoms with Crippen LogP contribution in [0.4, 0.5) is 8.78 Å². The van der Waals surface area contributed by atoms with E-state index in [2.05, 4.69) is 13.8 Å². The van der Waals surface area contributed by atoms with Crippen molar-refractivity contribution in [1.82, 2.24) is 0 Å². The molecule has 0 aliphatic heterocycles. The highest BCUT2D eigenvalue weighted by Gasteiger charge is 2.35. The highest BCUT2D eigenvalue weighted by molar-refractivity contribution is 5.15. The molecule has 104 valence electrons. The van der Waals surface area contributed by atoms with E-state index in [0.29, 0.717) is 12.8 Å². The molecule has 0 bridgehead atoms. The standard InChI is InChI=1S/C13H18F2.C3H8/c1-3-12(13(14,15)4-2)10-11-8-6-5-7-9-11;1-3-2/h5-9,12H,3-4,10H2,1-2H3;3H2,1-2H3. The minimum atomic E-state index is -2.54. The minimum absolute atomic E-state index is 0.0711. The molecule has 0 aliphatic carbocycles. The topological polar surface area (TPSA) is 0 Å². The Bertz CT molecular complexity index is 293. The monoisotopic (exact) mass is 256 g/mol. The molecule has 1 aromatic carbocycles. The van der Waals surface area contributed by atoms with Gasteiger partial charge in [-0.2, -0.15) is 0 Å². The summed E-state index contributed by atoms with van der Waals surface area (Å²) in [6.07, 6.45) is 2.17. The molecule has 0 radical (unpaired) electrons. The van der Waals surface area contributed by atoms with Gasteiger partial charge in [0.2, 0.25) is 0 Å². The second-order valence-corrected chi connectivity index (χ2v) is 4.62. The Morgan fingerprint density at radius 3 is 1.89 bits per heavy atom. The van der Waals surface area contributed by atoms with E-state index in [1.807, 2.05) is 37.3 Å². The van der Waals surface area contributed by atoms with Gasteiger partial charge >= 0.3 is 0 Å². The van der Waals surface area contributed by atoms with Gasteiger partial charge in [0.1, 0.15) is 0 Å². The summed E-state index contributed by atoms with van der Waals surface area (Å²) in [5.74, 6) is -3.07. The fourth-order valence-corrected chi connectivity index (χ4v) is 1.78. The van der Waals surface area contributed by atoms with Gasteiger partial charge in [0.05, 0.1) is 0 Å². The number of hydrogen-bond acceptors (Lipinski definition) is 0. The van der Waals surface area contributed by atoms with E-state index in [4.69, 9.17) is 0 Å². The van der Waals surface area contributed by atoms with E-state index < -0.39 is 11.8 Å². The molecule has 0 fully saturated rings. The third-order valence-corrected chi connectivity index (χ3v) is 2.89. The van der Waals surface area contributed by atoms with Gasteiger partial charge in [-0.1, -0.05) is 64.4 Å². The van der Waals surface area contributed by atoms with Crippen LogP contribution in [0, 0.1) is 5.92 Å². The van der Waals surface area contributed by atoms with Gasteiger partial charge in [-0.15, -0.1) is 0 Å². The van der Waals surface area contributed by atoms with Crippen LogP contribution in [0.1, 0.15) is 52.5 Å². The van der Waals surface area contributed by atoms with Crippen molar-refractivity contribution in [3.05, 3.63) is 35.9 Å². The lowest BCUT2D eigenvalue weighted by Gasteiger charge is -2.24. The second-order valence-electron chi connectivity index (χ2n) is 4.62. The molecule has 1 aromatic rings. The zero-order valence-corrected chi connectivity index (χ0v) is 12.0. The van der Waals surface area contributed by atoms with E-state index in [1.54, 1.807) is 6.92 Å². The molecule has 0 aromatic heterocycles. The summed E-state index contributed by atoms with van der Waals surface area (Å²) in [5.41, 5.74) is 0.998. The minimum Gasteiger partial charge on any atom is -0.207 e. The van der Waals surface area contributed by atoms with Crippen molar-refractivity contribution in [2.45, 2.75) is 59.3 Å². The molecular formula is C16H26F2. The molecule has 1 unspecified atom stereocenters. The SMILES string of the molecule is CCC.CCC(Cc1ccccc1)C(F)(F)CC. The third-order valence-electron chi connectivity index (χ3n) is 2.89. The van der Waals surface area contributed by atoms with Crippen LogP contribution in [0.25, 0.3) is 0 Å². The Balaban J connectivity index is 0.000000873. The number of halogens is 2. The first kappa shape index (κ1) is 17.1. The summed E-state index contributed by atoms with van der Waals surface area (Å²) < 4.78 is 27.0. The lowest BCUT2D eigenvalue weighted by molar-refractivity contribution is -0.0624. The summed E-state index contributed by atoms with van der Waals surface area (Å²) in [6, 6.07) is 9.52. The molecule has 0 spiro atoms. The van der Waals surface area contributed by atoms with Gasteiger partial charge in [0.15, 0.2) is 0 Å². The fourth-order valence-electron chi connectivity index (χ4n) is 1.78. The molecular weight excluding hydrogens is 230 g/mol. The quantitative estimate of drug-likeness (QED) is 0.632. The van der Waals surface area contributed by atoms with Crippen molar-refractivity contribution in [3.63, 3.8) is 0 Å². The number of rotatable bonds is 5. The van der Waals surface area contributed by atoms with Crippen molar-refractivity contribution < 1.29 is 8.78 Å². The van der Waals surface area contributed by atoms with Crippen molar-refractivity contribution in [1.29, 1.82) is 0 Å². The van der Waals surface area contributed by atoms with Crippen LogP contribution in [0.5, 0.6) is 0 Å². The van der Waals surface area contributed by atoms with Crippen LogP contribution in [0.2, 0.25) is 0 Å². The fraction of sp³-hybridized carbons (Fsp3) is 0.625. The Labute approximate surface area is 110 Å². The van der Waals surface area contributed by atoms with E-state index in [-0.39, 0.29) is 6.42 Å². The van der Waals surface area contributed by atoms with Crippen LogP contribution < -0.4 is 0 Å². The van der Waals surface area contributed by atoms with Crippen LogP contribution in [-0.2, 0) is 6.42 Å². The highest BCUT2D eigenvalue weighted by atomic mass is 19.3. The van der Waals surface area contributed by atoms with Crippen molar-refractivity contribution >= 4 is 0 Å². The zero-order chi connectivity index (χ0) is 14.0. The molecule has 18 heavy (non-hydrogen) atoms. The predicted molar refractivity (Wildman–Crippen MR) is 75.1 cm³/mol. The Morgan fingerprint density at radius 2 is 1.50 bits per heavy atom. The molecule has 0 saturated heterocycles.